The molecule has 2 unspecified atom stereocenters. The number of hydrogen-bond acceptors (Lipinski definition) is 5. The third-order valence-corrected chi connectivity index (χ3v) is 15.6. The molecule has 76 heavy (non-hydrogen) atoms. The fourth-order valence-electron chi connectivity index (χ4n) is 10.4. The van der Waals surface area contributed by atoms with Crippen molar-refractivity contribution in [3.05, 3.63) is 48.6 Å². The number of aliphatic hydroxyl groups is 2. The molecule has 1 amide bonds. The maximum absolute atomic E-state index is 12.5. The summed E-state index contributed by atoms with van der Waals surface area (Å²) in [7, 11) is 0. The van der Waals surface area contributed by atoms with Crippen molar-refractivity contribution in [1.82, 2.24) is 5.32 Å². The van der Waals surface area contributed by atoms with Gasteiger partial charge in [-0.05, 0) is 89.9 Å². The molecule has 0 fully saturated rings. The van der Waals surface area contributed by atoms with Gasteiger partial charge in [-0.1, -0.05) is 306 Å². The molecule has 2 atom stereocenters. The molecule has 6 nitrogen and oxygen atoms in total. The van der Waals surface area contributed by atoms with Crippen molar-refractivity contribution in [3.63, 3.8) is 0 Å². The van der Waals surface area contributed by atoms with Gasteiger partial charge in [0.05, 0.1) is 25.4 Å². The van der Waals surface area contributed by atoms with Gasteiger partial charge in [0, 0.05) is 12.8 Å². The molecule has 0 aliphatic heterocycles. The van der Waals surface area contributed by atoms with Crippen LogP contribution >= 0.6 is 0 Å². The van der Waals surface area contributed by atoms with Gasteiger partial charge in [-0.25, -0.2) is 0 Å². The number of allylic oxidation sites excluding steroid dienone is 7. The minimum absolute atomic E-state index is 0.000931. The van der Waals surface area contributed by atoms with Crippen LogP contribution < -0.4 is 5.32 Å². The molecule has 0 saturated carbocycles. The van der Waals surface area contributed by atoms with Crippen LogP contribution in [0.4, 0.5) is 0 Å². The number of carbonyl (C=O) groups is 2. The number of nitrogens with one attached hydrogen (secondary N) is 1. The molecule has 0 rings (SSSR count). The molecule has 0 spiro atoms. The second-order valence-electron chi connectivity index (χ2n) is 23.1. The summed E-state index contributed by atoms with van der Waals surface area (Å²) in [6, 6.07) is -0.632. The predicted molar refractivity (Wildman–Crippen MR) is 333 cm³/mol. The Labute approximate surface area is 474 Å². The Morgan fingerprint density at radius 1 is 0.368 bits per heavy atom. The molecule has 6 heteroatoms. The zero-order valence-corrected chi connectivity index (χ0v) is 51.0. The van der Waals surface area contributed by atoms with Crippen molar-refractivity contribution in [1.29, 1.82) is 0 Å². The van der Waals surface area contributed by atoms with Crippen LogP contribution in [0.3, 0.4) is 0 Å². The number of rotatable bonds is 63. The van der Waals surface area contributed by atoms with E-state index in [1.165, 1.54) is 283 Å². The molecule has 0 saturated heterocycles. The molecule has 0 aromatic heterocycles. The van der Waals surface area contributed by atoms with Gasteiger partial charge in [0.15, 0.2) is 0 Å². The lowest BCUT2D eigenvalue weighted by Crippen LogP contribution is -2.45. The van der Waals surface area contributed by atoms with Gasteiger partial charge in [0.2, 0.25) is 5.91 Å². The molecule has 0 aliphatic rings. The van der Waals surface area contributed by atoms with Gasteiger partial charge in [-0.15, -0.1) is 0 Å². The third-order valence-electron chi connectivity index (χ3n) is 15.6. The standard InChI is InChI=1S/C70H131NO5/c1-3-5-7-9-11-13-15-17-18-19-29-32-35-39-42-46-50-54-58-62-68(73)67(66-72)71-69(74)63-59-55-51-47-43-40-36-33-30-27-25-23-21-20-22-24-26-28-31-34-37-41-45-49-53-57-61-65-76-70(75)64-60-56-52-48-44-38-16-14-12-10-8-6-4-2/h14,16,20-21,24,26,58,62,67-68,72-73H,3-13,15,17-19,22-23,25,27-57,59-61,63-66H2,1-2H3,(H,71,74)/b16-14-,21-20-,26-24-,62-58+. The fourth-order valence-corrected chi connectivity index (χ4v) is 10.4. The average molecular weight is 1070 g/mol. The molecule has 3 N–H and O–H groups in total. The minimum Gasteiger partial charge on any atom is -0.466 e. The Morgan fingerprint density at radius 3 is 1.03 bits per heavy atom. The Balaban J connectivity index is 3.45. The van der Waals surface area contributed by atoms with E-state index in [0.29, 0.717) is 19.4 Å². The highest BCUT2D eigenvalue weighted by Crippen LogP contribution is 2.17. The van der Waals surface area contributed by atoms with Crippen molar-refractivity contribution in [3.8, 4) is 0 Å². The van der Waals surface area contributed by atoms with Gasteiger partial charge in [0.1, 0.15) is 0 Å². The molecule has 0 radical (unpaired) electrons. The van der Waals surface area contributed by atoms with Crippen LogP contribution in [0.15, 0.2) is 48.6 Å². The Kier molecular flexibility index (Phi) is 63.5. The zero-order valence-electron chi connectivity index (χ0n) is 51.0. The first-order valence-electron chi connectivity index (χ1n) is 33.9. The van der Waals surface area contributed by atoms with E-state index in [2.05, 4.69) is 55.6 Å². The summed E-state index contributed by atoms with van der Waals surface area (Å²) in [5, 5.41) is 23.2. The van der Waals surface area contributed by atoms with Crippen LogP contribution in [-0.4, -0.2) is 47.4 Å². The molecule has 446 valence electrons. The summed E-state index contributed by atoms with van der Waals surface area (Å²) in [5.74, 6) is -0.0679. The lowest BCUT2D eigenvalue weighted by molar-refractivity contribution is -0.143. The van der Waals surface area contributed by atoms with Crippen molar-refractivity contribution < 1.29 is 24.5 Å². The van der Waals surface area contributed by atoms with Crippen LogP contribution in [0.1, 0.15) is 361 Å². The maximum atomic E-state index is 12.5. The lowest BCUT2D eigenvalue weighted by Gasteiger charge is -2.20. The number of aliphatic hydroxyl groups excluding tert-OH is 2. The predicted octanol–water partition coefficient (Wildman–Crippen LogP) is 21.7. The van der Waals surface area contributed by atoms with E-state index < -0.39 is 12.1 Å². The van der Waals surface area contributed by atoms with Crippen molar-refractivity contribution in [2.75, 3.05) is 13.2 Å². The first-order valence-corrected chi connectivity index (χ1v) is 33.9. The molecular weight excluding hydrogens is 935 g/mol. The number of ether oxygens (including phenoxy) is 1. The second-order valence-corrected chi connectivity index (χ2v) is 23.1. The summed E-state index contributed by atoms with van der Waals surface area (Å²) >= 11 is 0. The molecule has 0 bridgehead atoms. The van der Waals surface area contributed by atoms with Gasteiger partial charge in [0.25, 0.3) is 0 Å². The van der Waals surface area contributed by atoms with Gasteiger partial charge >= 0.3 is 5.97 Å². The first kappa shape index (κ1) is 73.8. The van der Waals surface area contributed by atoms with E-state index in [4.69, 9.17) is 4.74 Å². The first-order chi connectivity index (χ1) is 37.5. The number of carbonyl (C=O) groups excluding carboxylic acids is 2. The maximum Gasteiger partial charge on any atom is 0.305 e. The van der Waals surface area contributed by atoms with E-state index in [9.17, 15) is 19.8 Å². The Bertz CT molecular complexity index is 1270. The summed E-state index contributed by atoms with van der Waals surface area (Å²) < 4.78 is 5.47. The molecule has 0 heterocycles. The van der Waals surface area contributed by atoms with Crippen molar-refractivity contribution >= 4 is 11.9 Å². The average Bonchev–Trinajstić information content (AvgIpc) is 3.42. The van der Waals surface area contributed by atoms with Crippen molar-refractivity contribution in [2.45, 2.75) is 373 Å². The molecule has 0 aromatic rings. The van der Waals surface area contributed by atoms with Gasteiger partial charge in [-0.3, -0.25) is 9.59 Å². The number of esters is 1. The smallest absolute Gasteiger partial charge is 0.305 e. The number of hydrogen-bond donors (Lipinski definition) is 3. The number of unbranched alkanes of at least 4 members (excludes halogenated alkanes) is 46. The van der Waals surface area contributed by atoms with E-state index in [-0.39, 0.29) is 18.5 Å². The van der Waals surface area contributed by atoms with Crippen LogP contribution in [0, 0.1) is 0 Å². The molecule has 0 aliphatic carbocycles. The third kappa shape index (κ3) is 61.0. The summed E-state index contributed by atoms with van der Waals surface area (Å²) in [4.78, 5) is 24.5. The highest BCUT2D eigenvalue weighted by molar-refractivity contribution is 5.76. The molecule has 0 aromatic carbocycles. The largest absolute Gasteiger partial charge is 0.466 e. The van der Waals surface area contributed by atoms with E-state index in [1.54, 1.807) is 6.08 Å². The van der Waals surface area contributed by atoms with Gasteiger partial charge < -0.3 is 20.3 Å². The van der Waals surface area contributed by atoms with Gasteiger partial charge in [-0.2, -0.15) is 0 Å². The van der Waals surface area contributed by atoms with Crippen LogP contribution in [-0.2, 0) is 14.3 Å². The summed E-state index contributed by atoms with van der Waals surface area (Å²) in [5.41, 5.74) is 0. The summed E-state index contributed by atoms with van der Waals surface area (Å²) in [6.45, 7) is 4.90. The zero-order chi connectivity index (χ0) is 55.0. The van der Waals surface area contributed by atoms with E-state index >= 15 is 0 Å². The van der Waals surface area contributed by atoms with E-state index in [0.717, 1.165) is 51.4 Å². The Morgan fingerprint density at radius 2 is 0.658 bits per heavy atom. The van der Waals surface area contributed by atoms with Crippen LogP contribution in [0.2, 0.25) is 0 Å². The highest BCUT2D eigenvalue weighted by Gasteiger charge is 2.18. The van der Waals surface area contributed by atoms with Crippen LogP contribution in [0.25, 0.3) is 0 Å². The van der Waals surface area contributed by atoms with E-state index in [1.807, 2.05) is 6.08 Å². The quantitative estimate of drug-likeness (QED) is 0.0320. The van der Waals surface area contributed by atoms with Crippen LogP contribution in [0.5, 0.6) is 0 Å². The fraction of sp³-hybridized carbons (Fsp3) is 0.857. The summed E-state index contributed by atoms with van der Waals surface area (Å²) in [6.07, 6.45) is 84.6. The minimum atomic E-state index is -0.848. The normalized spacial score (nSPS) is 12.8. The topological polar surface area (TPSA) is 95.9 Å². The van der Waals surface area contributed by atoms with Crippen molar-refractivity contribution in [2.24, 2.45) is 0 Å². The monoisotopic (exact) mass is 1070 g/mol. The Hall–Kier alpha value is -2.18. The second kappa shape index (κ2) is 65.3. The highest BCUT2D eigenvalue weighted by atomic mass is 16.5. The number of amides is 1. The SMILES string of the molecule is CCCCCC/C=C\CCCCCCCC(=O)OCCCCCCCCCCC/C=C\C/C=C\CCCCCCCCCCCCCC(=O)NC(CO)C(O)/C=C/CCCCCCCCCCCCCCCCCCC. The molecular formula is C70H131NO5. The lowest BCUT2D eigenvalue weighted by atomic mass is 10.0.